The third kappa shape index (κ3) is 4.37. The fourth-order valence-corrected chi connectivity index (χ4v) is 4.41. The van der Waals surface area contributed by atoms with Crippen LogP contribution in [0.3, 0.4) is 0 Å². The van der Waals surface area contributed by atoms with Crippen LogP contribution < -0.4 is 5.32 Å². The monoisotopic (exact) mass is 368 g/mol. The van der Waals surface area contributed by atoms with Crippen molar-refractivity contribution in [2.75, 3.05) is 5.32 Å². The van der Waals surface area contributed by atoms with Crippen LogP contribution in [0.4, 0.5) is 10.5 Å². The largest absolute Gasteiger partial charge is 0.322 e. The minimum atomic E-state index is 0.0205. The summed E-state index contributed by atoms with van der Waals surface area (Å²) < 4.78 is 0. The Balaban J connectivity index is 1.75. The van der Waals surface area contributed by atoms with Crippen LogP contribution in [0, 0.1) is 0 Å². The van der Waals surface area contributed by atoms with Gasteiger partial charge in [-0.3, -0.25) is 0 Å². The Kier molecular flexibility index (Phi) is 6.29. The predicted molar refractivity (Wildman–Crippen MR) is 101 cm³/mol. The zero-order valence-electron chi connectivity index (χ0n) is 14.1. The topological polar surface area (TPSA) is 32.3 Å². The fourth-order valence-electron chi connectivity index (χ4n) is 4.11. The Morgan fingerprint density at radius 2 is 1.42 bits per heavy atom. The maximum absolute atomic E-state index is 13.0. The second kappa shape index (κ2) is 8.44. The number of benzene rings is 1. The molecule has 0 radical (unpaired) electrons. The lowest BCUT2D eigenvalue weighted by Crippen LogP contribution is -2.50. The van der Waals surface area contributed by atoms with E-state index in [2.05, 4.69) is 10.2 Å². The van der Waals surface area contributed by atoms with Gasteiger partial charge in [0, 0.05) is 17.8 Å². The first kappa shape index (κ1) is 17.9. The molecule has 0 unspecified atom stereocenters. The zero-order chi connectivity index (χ0) is 16.9. The summed E-state index contributed by atoms with van der Waals surface area (Å²) in [6.07, 6.45) is 12.0. The highest BCUT2D eigenvalue weighted by molar-refractivity contribution is 6.42. The van der Waals surface area contributed by atoms with E-state index in [1.807, 2.05) is 6.07 Å². The average Bonchev–Trinajstić information content (AvgIpc) is 2.60. The molecule has 0 bridgehead atoms. The van der Waals surface area contributed by atoms with E-state index in [9.17, 15) is 4.79 Å². The number of carbonyl (C=O) groups is 1. The SMILES string of the molecule is O=C(Nc1ccc(Cl)c(Cl)c1)N(C1CCCCC1)C1CCCCC1. The predicted octanol–water partition coefficient (Wildman–Crippen LogP) is 6.49. The standard InChI is InChI=1S/C19H26Cl2N2O/c20-17-12-11-14(13-18(17)21)22-19(24)23(15-7-3-1-4-8-15)16-9-5-2-6-10-16/h11-13,15-16H,1-10H2,(H,22,24). The lowest BCUT2D eigenvalue weighted by molar-refractivity contribution is 0.114. The molecule has 2 aliphatic rings. The Morgan fingerprint density at radius 3 is 1.92 bits per heavy atom. The van der Waals surface area contributed by atoms with Gasteiger partial charge in [0.15, 0.2) is 0 Å². The smallest absolute Gasteiger partial charge is 0.319 e. The fraction of sp³-hybridized carbons (Fsp3) is 0.632. The van der Waals surface area contributed by atoms with Crippen molar-refractivity contribution in [3.63, 3.8) is 0 Å². The van der Waals surface area contributed by atoms with E-state index >= 15 is 0 Å². The maximum atomic E-state index is 13.0. The Hall–Kier alpha value is -0.930. The lowest BCUT2D eigenvalue weighted by atomic mass is 9.89. The van der Waals surface area contributed by atoms with Crippen LogP contribution in [0.2, 0.25) is 10.0 Å². The van der Waals surface area contributed by atoms with E-state index in [4.69, 9.17) is 23.2 Å². The van der Waals surface area contributed by atoms with Gasteiger partial charge in [-0.25, -0.2) is 4.79 Å². The first-order valence-corrected chi connectivity index (χ1v) is 9.95. The van der Waals surface area contributed by atoms with Crippen LogP contribution in [0.25, 0.3) is 0 Å². The number of halogens is 2. The number of rotatable bonds is 3. The van der Waals surface area contributed by atoms with Gasteiger partial charge in [0.05, 0.1) is 10.0 Å². The van der Waals surface area contributed by atoms with Crippen LogP contribution in [0.1, 0.15) is 64.2 Å². The van der Waals surface area contributed by atoms with E-state index in [1.165, 1.54) is 38.5 Å². The van der Waals surface area contributed by atoms with Gasteiger partial charge in [-0.15, -0.1) is 0 Å². The minimum Gasteiger partial charge on any atom is -0.319 e. The molecule has 0 spiro atoms. The van der Waals surface area contributed by atoms with Gasteiger partial charge in [-0.05, 0) is 43.9 Å². The molecule has 1 N–H and O–H groups in total. The second-order valence-electron chi connectivity index (χ2n) is 7.05. The zero-order valence-corrected chi connectivity index (χ0v) is 15.6. The quantitative estimate of drug-likeness (QED) is 0.649. The molecule has 5 heteroatoms. The molecule has 2 amide bonds. The number of carbonyl (C=O) groups excluding carboxylic acids is 1. The summed E-state index contributed by atoms with van der Waals surface area (Å²) in [6, 6.07) is 6.04. The highest BCUT2D eigenvalue weighted by atomic mass is 35.5. The van der Waals surface area contributed by atoms with Gasteiger partial charge in [0.1, 0.15) is 0 Å². The van der Waals surface area contributed by atoms with Crippen molar-refractivity contribution in [3.05, 3.63) is 28.2 Å². The Labute approximate surface area is 154 Å². The number of anilines is 1. The molecule has 0 heterocycles. The van der Waals surface area contributed by atoms with E-state index in [1.54, 1.807) is 12.1 Å². The molecule has 2 saturated carbocycles. The average molecular weight is 369 g/mol. The highest BCUT2D eigenvalue weighted by Gasteiger charge is 2.32. The first-order valence-electron chi connectivity index (χ1n) is 9.19. The molecule has 3 rings (SSSR count). The van der Waals surface area contributed by atoms with E-state index in [-0.39, 0.29) is 6.03 Å². The van der Waals surface area contributed by atoms with Crippen LogP contribution in [-0.2, 0) is 0 Å². The molecular formula is C19H26Cl2N2O. The van der Waals surface area contributed by atoms with Crippen molar-refractivity contribution in [3.8, 4) is 0 Å². The van der Waals surface area contributed by atoms with Crippen molar-refractivity contribution in [2.45, 2.75) is 76.3 Å². The van der Waals surface area contributed by atoms with E-state index < -0.39 is 0 Å². The van der Waals surface area contributed by atoms with Crippen LogP contribution in [0.5, 0.6) is 0 Å². The third-order valence-corrected chi connectivity index (χ3v) is 6.08. The van der Waals surface area contributed by atoms with Crippen LogP contribution >= 0.6 is 23.2 Å². The highest BCUT2D eigenvalue weighted by Crippen LogP contribution is 2.31. The summed E-state index contributed by atoms with van der Waals surface area (Å²) in [6.45, 7) is 0. The summed E-state index contributed by atoms with van der Waals surface area (Å²) in [4.78, 5) is 15.2. The molecule has 0 aromatic heterocycles. The molecule has 0 aliphatic heterocycles. The normalized spacial score (nSPS) is 19.9. The van der Waals surface area contributed by atoms with Crippen molar-refractivity contribution >= 4 is 34.9 Å². The van der Waals surface area contributed by atoms with Crippen LogP contribution in [0.15, 0.2) is 18.2 Å². The number of urea groups is 1. The molecule has 132 valence electrons. The van der Waals surface area contributed by atoms with Gasteiger partial charge in [-0.2, -0.15) is 0 Å². The molecule has 1 aromatic carbocycles. The molecule has 0 atom stereocenters. The molecular weight excluding hydrogens is 343 g/mol. The number of amides is 2. The molecule has 0 saturated heterocycles. The number of nitrogens with one attached hydrogen (secondary N) is 1. The van der Waals surface area contributed by atoms with Gasteiger partial charge in [-0.1, -0.05) is 61.7 Å². The van der Waals surface area contributed by atoms with Gasteiger partial charge < -0.3 is 10.2 Å². The van der Waals surface area contributed by atoms with Gasteiger partial charge in [0.2, 0.25) is 0 Å². The Morgan fingerprint density at radius 1 is 0.875 bits per heavy atom. The Bertz CT molecular complexity index is 548. The molecule has 2 fully saturated rings. The van der Waals surface area contributed by atoms with E-state index in [0.717, 1.165) is 25.7 Å². The minimum absolute atomic E-state index is 0.0205. The summed E-state index contributed by atoms with van der Waals surface area (Å²) in [5.41, 5.74) is 0.714. The van der Waals surface area contributed by atoms with Crippen molar-refractivity contribution in [1.29, 1.82) is 0 Å². The third-order valence-electron chi connectivity index (χ3n) is 5.34. The van der Waals surface area contributed by atoms with Crippen LogP contribution in [-0.4, -0.2) is 23.0 Å². The second-order valence-corrected chi connectivity index (χ2v) is 7.86. The summed E-state index contributed by atoms with van der Waals surface area (Å²) in [5.74, 6) is 0. The van der Waals surface area contributed by atoms with Crippen molar-refractivity contribution < 1.29 is 4.79 Å². The number of hydrogen-bond donors (Lipinski definition) is 1. The lowest BCUT2D eigenvalue weighted by Gasteiger charge is -2.41. The summed E-state index contributed by atoms with van der Waals surface area (Å²) >= 11 is 12.0. The van der Waals surface area contributed by atoms with Crippen molar-refractivity contribution in [1.82, 2.24) is 4.90 Å². The molecule has 1 aromatic rings. The first-order chi connectivity index (χ1) is 11.6. The summed E-state index contributed by atoms with van der Waals surface area (Å²) in [7, 11) is 0. The summed E-state index contributed by atoms with van der Waals surface area (Å²) in [5, 5.41) is 4.02. The van der Waals surface area contributed by atoms with Crippen molar-refractivity contribution in [2.24, 2.45) is 0 Å². The van der Waals surface area contributed by atoms with E-state index in [0.29, 0.717) is 27.8 Å². The maximum Gasteiger partial charge on any atom is 0.322 e. The molecule has 2 aliphatic carbocycles. The number of nitrogens with zero attached hydrogens (tertiary/aromatic N) is 1. The van der Waals surface area contributed by atoms with Gasteiger partial charge in [0.25, 0.3) is 0 Å². The molecule has 24 heavy (non-hydrogen) atoms. The number of hydrogen-bond acceptors (Lipinski definition) is 1. The molecule has 3 nitrogen and oxygen atoms in total. The van der Waals surface area contributed by atoms with Gasteiger partial charge >= 0.3 is 6.03 Å².